The average molecular weight is 593 g/mol. The number of aromatic amines is 1. The number of hydrogen-bond donors (Lipinski definition) is 5. The molecule has 3 aliphatic heterocycles. The molecule has 220 valence electrons. The predicted octanol–water partition coefficient (Wildman–Crippen LogP) is 2.13. The van der Waals surface area contributed by atoms with Gasteiger partial charge in [0.15, 0.2) is 17.2 Å². The molecule has 6 rings (SSSR count). The number of dihydropyridines is 1. The molecule has 0 saturated carbocycles. The second kappa shape index (κ2) is 10.5. The first-order valence-corrected chi connectivity index (χ1v) is 13.3. The standard InChI is InChI=1S/C31H24N6O7/c1-15-21(27(38)32-25-23(15)14-36(34-25)19-10-6-17(7-11-19)30(41)42)4-3-5-22-16(2)24-26(33-28(22)39)35-37(29(24)40)20-12-8-18(9-13-20)31(43)44/h3-13H,14H2,1-2H3,(H,41,42)(H,43,44)(H2,32,34,38)(H,33,35,39)/b4-3+,22-5-. The van der Waals surface area contributed by atoms with Crippen LogP contribution in [-0.2, 0) is 0 Å². The Bertz CT molecular complexity index is 2090. The number of hydrazone groups is 1. The van der Waals surface area contributed by atoms with Gasteiger partial charge in [0.05, 0.1) is 34.6 Å². The van der Waals surface area contributed by atoms with Gasteiger partial charge in [-0.15, -0.1) is 5.10 Å². The minimum Gasteiger partial charge on any atom is -0.494 e. The number of aromatic nitrogens is 1. The number of carboxylic acids is 2. The minimum absolute atomic E-state index is 0.0624. The first kappa shape index (κ1) is 27.9. The number of H-pyrrole nitrogens is 1. The summed E-state index contributed by atoms with van der Waals surface area (Å²) in [5.41, 5.74) is 3.61. The van der Waals surface area contributed by atoms with Gasteiger partial charge >= 0.3 is 11.9 Å². The van der Waals surface area contributed by atoms with Crippen molar-refractivity contribution in [1.29, 1.82) is 0 Å². The molecule has 0 saturated heterocycles. The van der Waals surface area contributed by atoms with Crippen molar-refractivity contribution < 1.29 is 29.7 Å². The summed E-state index contributed by atoms with van der Waals surface area (Å²) in [5.74, 6) is -2.25. The molecule has 0 spiro atoms. The number of anilines is 2. The van der Waals surface area contributed by atoms with E-state index in [0.29, 0.717) is 34.9 Å². The molecule has 13 nitrogen and oxygen atoms in total. The zero-order valence-electron chi connectivity index (χ0n) is 23.3. The van der Waals surface area contributed by atoms with Crippen LogP contribution in [0.2, 0.25) is 0 Å². The first-order valence-electron chi connectivity index (χ1n) is 13.3. The number of hydrogen-bond acceptors (Lipinski definition) is 9. The van der Waals surface area contributed by atoms with Gasteiger partial charge < -0.3 is 25.6 Å². The zero-order chi connectivity index (χ0) is 31.3. The molecule has 5 N–H and O–H groups in total. The number of amidine groups is 1. The van der Waals surface area contributed by atoms with Crippen molar-refractivity contribution in [2.24, 2.45) is 10.2 Å². The molecule has 4 heterocycles. The lowest BCUT2D eigenvalue weighted by Gasteiger charge is -2.18. The Labute approximate surface area is 248 Å². The number of fused-ring (bicyclic) bond motifs is 2. The predicted molar refractivity (Wildman–Crippen MR) is 160 cm³/mol. The Morgan fingerprint density at radius 2 is 1.52 bits per heavy atom. The van der Waals surface area contributed by atoms with Crippen LogP contribution < -0.4 is 31.6 Å². The summed E-state index contributed by atoms with van der Waals surface area (Å²) in [4.78, 5) is 51.2. The van der Waals surface area contributed by atoms with Crippen LogP contribution in [0.4, 0.5) is 11.4 Å². The summed E-state index contributed by atoms with van der Waals surface area (Å²) in [7, 11) is 0. The Morgan fingerprint density at radius 1 is 0.909 bits per heavy atom. The summed E-state index contributed by atoms with van der Waals surface area (Å²) >= 11 is 0. The van der Waals surface area contributed by atoms with Crippen LogP contribution in [0, 0.1) is 6.92 Å². The van der Waals surface area contributed by atoms with Crippen molar-refractivity contribution >= 4 is 41.1 Å². The molecule has 1 aromatic heterocycles. The number of rotatable bonds is 6. The van der Waals surface area contributed by atoms with Crippen LogP contribution in [-0.4, -0.2) is 50.5 Å². The lowest BCUT2D eigenvalue weighted by molar-refractivity contribution is 0.0686. The number of carbonyl (C=O) groups excluding carboxylic acids is 1. The Kier molecular flexibility index (Phi) is 6.69. The molecule has 0 bridgehead atoms. The molecule has 0 fully saturated rings. The maximum atomic E-state index is 13.3. The van der Waals surface area contributed by atoms with E-state index >= 15 is 0 Å². The number of aliphatic hydroxyl groups excluding tert-OH is 1. The fourth-order valence-corrected chi connectivity index (χ4v) is 5.16. The largest absolute Gasteiger partial charge is 0.494 e. The maximum Gasteiger partial charge on any atom is 0.335 e. The number of pyridine rings is 1. The molecule has 44 heavy (non-hydrogen) atoms. The van der Waals surface area contributed by atoms with Crippen LogP contribution in [0.3, 0.4) is 0 Å². The summed E-state index contributed by atoms with van der Waals surface area (Å²) in [6.07, 6.45) is 4.78. The van der Waals surface area contributed by atoms with Gasteiger partial charge in [-0.3, -0.25) is 14.6 Å². The van der Waals surface area contributed by atoms with Gasteiger partial charge in [0.1, 0.15) is 0 Å². The number of aromatic carboxylic acids is 2. The Hall–Kier alpha value is -6.24. The third kappa shape index (κ3) is 4.71. The second-order valence-electron chi connectivity index (χ2n) is 10.2. The lowest BCUT2D eigenvalue weighted by atomic mass is 9.97. The van der Waals surface area contributed by atoms with Crippen LogP contribution in [0.25, 0.3) is 6.08 Å². The van der Waals surface area contributed by atoms with Crippen molar-refractivity contribution in [2.45, 2.75) is 13.8 Å². The maximum absolute atomic E-state index is 13.3. The van der Waals surface area contributed by atoms with Crippen LogP contribution in [0.15, 0.2) is 98.3 Å². The molecular formula is C31H24N6O7. The van der Waals surface area contributed by atoms with Crippen molar-refractivity contribution in [3.63, 3.8) is 0 Å². The van der Waals surface area contributed by atoms with Crippen LogP contribution >= 0.6 is 0 Å². The van der Waals surface area contributed by atoms with E-state index in [4.69, 9.17) is 10.2 Å². The molecule has 0 unspecified atom stereocenters. The average Bonchev–Trinajstić information content (AvgIpc) is 3.57. The Morgan fingerprint density at radius 3 is 2.14 bits per heavy atom. The first-order chi connectivity index (χ1) is 21.0. The zero-order valence-corrected chi connectivity index (χ0v) is 23.3. The Balaban J connectivity index is 1.26. The van der Waals surface area contributed by atoms with E-state index in [1.165, 1.54) is 36.4 Å². The molecule has 0 aliphatic carbocycles. The molecular weight excluding hydrogens is 568 g/mol. The third-order valence-corrected chi connectivity index (χ3v) is 7.56. The van der Waals surface area contributed by atoms with E-state index in [-0.39, 0.29) is 33.3 Å². The molecule has 3 aliphatic rings. The molecule has 2 aromatic carbocycles. The summed E-state index contributed by atoms with van der Waals surface area (Å²) in [6.45, 7) is 3.87. The summed E-state index contributed by atoms with van der Waals surface area (Å²) in [6, 6.07) is 12.0. The molecule has 3 aromatic rings. The normalized spacial score (nSPS) is 16.3. The fourth-order valence-electron chi connectivity index (χ4n) is 5.16. The van der Waals surface area contributed by atoms with Crippen molar-refractivity contribution in [1.82, 2.24) is 10.3 Å². The van der Waals surface area contributed by atoms with Gasteiger partial charge in [0, 0.05) is 16.4 Å². The monoisotopic (exact) mass is 592 g/mol. The van der Waals surface area contributed by atoms with Crippen molar-refractivity contribution in [3.8, 4) is 0 Å². The summed E-state index contributed by atoms with van der Waals surface area (Å²) < 4.78 is 0. The number of carbonyl (C=O) groups is 3. The number of carboxylic acid groups (broad SMARTS) is 2. The third-order valence-electron chi connectivity index (χ3n) is 7.56. The van der Waals surface area contributed by atoms with E-state index in [9.17, 15) is 24.3 Å². The summed E-state index contributed by atoms with van der Waals surface area (Å²) in [5, 5.41) is 43.7. The highest BCUT2D eigenvalue weighted by atomic mass is 16.4. The number of allylic oxidation sites excluding steroid dienone is 4. The van der Waals surface area contributed by atoms with Crippen LogP contribution in [0.5, 0.6) is 0 Å². The number of aliphatic hydroxyl groups is 1. The molecule has 1 amide bonds. The van der Waals surface area contributed by atoms with Gasteiger partial charge in [0.2, 0.25) is 0 Å². The minimum atomic E-state index is -1.10. The van der Waals surface area contributed by atoms with Gasteiger partial charge in [0.25, 0.3) is 11.5 Å². The smallest absolute Gasteiger partial charge is 0.335 e. The molecule has 13 heteroatoms. The second-order valence-corrected chi connectivity index (χ2v) is 10.2. The van der Waals surface area contributed by atoms with Gasteiger partial charge in [-0.05, 0) is 85.7 Å². The number of nitrogens with zero attached hydrogens (tertiary/aromatic N) is 4. The highest BCUT2D eigenvalue weighted by Crippen LogP contribution is 2.30. The van der Waals surface area contributed by atoms with E-state index in [1.54, 1.807) is 42.3 Å². The van der Waals surface area contributed by atoms with Gasteiger partial charge in [-0.25, -0.2) is 9.59 Å². The van der Waals surface area contributed by atoms with E-state index in [1.807, 2.05) is 6.92 Å². The van der Waals surface area contributed by atoms with Gasteiger partial charge in [-0.2, -0.15) is 10.1 Å². The van der Waals surface area contributed by atoms with Crippen molar-refractivity contribution in [2.75, 3.05) is 16.6 Å². The van der Waals surface area contributed by atoms with E-state index < -0.39 is 23.4 Å². The number of nitrogens with one attached hydrogen (secondary N) is 2. The number of amides is 1. The van der Waals surface area contributed by atoms with E-state index in [2.05, 4.69) is 20.5 Å². The van der Waals surface area contributed by atoms with Crippen molar-refractivity contribution in [3.05, 3.63) is 127 Å². The quantitative estimate of drug-likeness (QED) is 0.286. The highest BCUT2D eigenvalue weighted by molar-refractivity contribution is 6.08. The lowest BCUT2D eigenvalue weighted by Crippen LogP contribution is -2.38. The van der Waals surface area contributed by atoms with Gasteiger partial charge in [-0.1, -0.05) is 6.08 Å². The SMILES string of the molecule is CC1=C2CN(c3ccc(C(=O)O)cc3)N=C2NC(O)=C1/C=C/C=c1/c(C)c2c([nH]c1=O)=NN(c1ccc(C(=O)O)cc1)C2=O. The number of benzene rings is 2. The molecule has 0 atom stereocenters. The van der Waals surface area contributed by atoms with Crippen LogP contribution in [0.1, 0.15) is 43.6 Å². The fraction of sp³-hybridized carbons (Fsp3) is 0.0968. The topological polar surface area (TPSA) is 188 Å². The van der Waals surface area contributed by atoms with E-state index in [0.717, 1.165) is 16.2 Å². The highest BCUT2D eigenvalue weighted by Gasteiger charge is 2.30. The molecule has 0 radical (unpaired) electrons.